The molecule has 1 saturated heterocycles. The van der Waals surface area contributed by atoms with Crippen LogP contribution in [0.1, 0.15) is 41.0 Å². The van der Waals surface area contributed by atoms with E-state index < -0.39 is 32.6 Å². The predicted octanol–water partition coefficient (Wildman–Crippen LogP) is 3.72. The van der Waals surface area contributed by atoms with E-state index in [1.807, 2.05) is 6.92 Å². The number of carbonyl (C=O) groups is 2. The van der Waals surface area contributed by atoms with Crippen LogP contribution in [-0.2, 0) is 18.7 Å². The molecule has 1 rings (SSSR count). The molecule has 132 valence electrons. The monoisotopic (exact) mass is 344 g/mol. The number of ether oxygens (including phenoxy) is 2. The first-order valence-corrected chi connectivity index (χ1v) is 10.7. The van der Waals surface area contributed by atoms with Gasteiger partial charge in [0.2, 0.25) is 0 Å². The lowest BCUT2D eigenvalue weighted by molar-refractivity contribution is -0.132. The van der Waals surface area contributed by atoms with Gasteiger partial charge in [-0.05, 0) is 38.1 Å². The molecule has 1 N–H and O–H groups in total. The third-order valence-electron chi connectivity index (χ3n) is 4.46. The molecule has 1 heterocycles. The van der Waals surface area contributed by atoms with E-state index in [0.29, 0.717) is 6.42 Å². The van der Waals surface area contributed by atoms with Gasteiger partial charge in [0.15, 0.2) is 14.4 Å². The Balaban J connectivity index is 2.76. The van der Waals surface area contributed by atoms with Crippen molar-refractivity contribution in [2.24, 2.45) is 0 Å². The van der Waals surface area contributed by atoms with Crippen LogP contribution >= 0.6 is 0 Å². The van der Waals surface area contributed by atoms with Gasteiger partial charge in [-0.15, -0.1) is 0 Å². The maximum absolute atomic E-state index is 11.4. The largest absolute Gasteiger partial charge is 0.509 e. The molecule has 1 aliphatic heterocycles. The molecule has 7 heteroatoms. The normalized spacial score (nSPS) is 24.1. The van der Waals surface area contributed by atoms with Crippen molar-refractivity contribution in [1.82, 2.24) is 0 Å². The van der Waals surface area contributed by atoms with Crippen molar-refractivity contribution in [3.05, 3.63) is 11.6 Å². The summed E-state index contributed by atoms with van der Waals surface area (Å²) >= 11 is 0. The Morgan fingerprint density at radius 3 is 2.43 bits per heavy atom. The lowest BCUT2D eigenvalue weighted by Gasteiger charge is -2.38. The van der Waals surface area contributed by atoms with Crippen molar-refractivity contribution < 1.29 is 28.6 Å². The molecule has 0 aromatic rings. The Morgan fingerprint density at radius 1 is 1.39 bits per heavy atom. The van der Waals surface area contributed by atoms with Crippen molar-refractivity contribution in [2.75, 3.05) is 0 Å². The number of cyclic esters (lactones) is 2. The molecule has 0 radical (unpaired) electrons. The molecule has 3 atom stereocenters. The van der Waals surface area contributed by atoms with Crippen LogP contribution in [0.25, 0.3) is 0 Å². The summed E-state index contributed by atoms with van der Waals surface area (Å²) in [6.45, 7) is 14.2. The summed E-state index contributed by atoms with van der Waals surface area (Å²) in [6.07, 6.45) is -0.227. The van der Waals surface area contributed by atoms with Crippen LogP contribution in [0.3, 0.4) is 0 Å². The van der Waals surface area contributed by atoms with Crippen LogP contribution in [0, 0.1) is 0 Å². The first-order chi connectivity index (χ1) is 10.3. The quantitative estimate of drug-likeness (QED) is 0.449. The van der Waals surface area contributed by atoms with Crippen molar-refractivity contribution in [3.8, 4) is 0 Å². The van der Waals surface area contributed by atoms with Crippen LogP contribution in [0.2, 0.25) is 18.1 Å². The molecule has 1 aliphatic rings. The Hall–Kier alpha value is -1.34. The minimum Gasteiger partial charge on any atom is -0.478 e. The van der Waals surface area contributed by atoms with Gasteiger partial charge in [0, 0.05) is 18.1 Å². The summed E-state index contributed by atoms with van der Waals surface area (Å²) in [6, 6.07) is 0. The lowest BCUT2D eigenvalue weighted by Crippen LogP contribution is -2.44. The number of carboxylic acids is 1. The van der Waals surface area contributed by atoms with Crippen LogP contribution in [0.4, 0.5) is 4.79 Å². The summed E-state index contributed by atoms with van der Waals surface area (Å²) in [5.74, 6) is -1.04. The second-order valence-electron chi connectivity index (χ2n) is 7.57. The molecular weight excluding hydrogens is 316 g/mol. The number of aliphatic carboxylic acids is 1. The molecule has 0 spiro atoms. The van der Waals surface area contributed by atoms with E-state index in [4.69, 9.17) is 19.0 Å². The average Bonchev–Trinajstić information content (AvgIpc) is 2.66. The van der Waals surface area contributed by atoms with Gasteiger partial charge in [-0.25, -0.2) is 9.59 Å². The summed E-state index contributed by atoms with van der Waals surface area (Å²) in [5, 5.41) is 9.04. The maximum Gasteiger partial charge on any atom is 0.509 e. The molecule has 0 bridgehead atoms. The van der Waals surface area contributed by atoms with E-state index in [1.54, 1.807) is 0 Å². The summed E-state index contributed by atoms with van der Waals surface area (Å²) in [7, 11) is -1.92. The Morgan fingerprint density at radius 2 is 1.96 bits per heavy atom. The standard InChI is InChI=1S/C16H28O6Si/c1-10(14(17)18)8-12-13(21-15(19)20-12)9-11(2)22-23(6,7)16(3,4)5/h8,11-13H,9H2,1-7H3,(H,17,18)/b10-8+/t11-,12-,13-/m0/s1. The molecule has 0 aliphatic carbocycles. The third-order valence-corrected chi connectivity index (χ3v) is 9.07. The van der Waals surface area contributed by atoms with Crippen LogP contribution < -0.4 is 0 Å². The molecule has 0 unspecified atom stereocenters. The highest BCUT2D eigenvalue weighted by molar-refractivity contribution is 6.74. The zero-order valence-electron chi connectivity index (χ0n) is 15.0. The van der Waals surface area contributed by atoms with Crippen molar-refractivity contribution in [1.29, 1.82) is 0 Å². The molecule has 0 aromatic heterocycles. The zero-order valence-corrected chi connectivity index (χ0v) is 16.0. The molecule has 1 fully saturated rings. The number of carbonyl (C=O) groups excluding carboxylic acids is 1. The fourth-order valence-electron chi connectivity index (χ4n) is 2.10. The SMILES string of the molecule is C/C(=C\[C@@H]1OC(=O)O[C@H]1C[C@H](C)O[Si](C)(C)C(C)(C)C)C(=O)O. The highest BCUT2D eigenvalue weighted by Gasteiger charge is 2.41. The third kappa shape index (κ3) is 5.35. The summed E-state index contributed by atoms with van der Waals surface area (Å²) in [5.41, 5.74) is 0.122. The number of hydrogen-bond acceptors (Lipinski definition) is 5. The van der Waals surface area contributed by atoms with Gasteiger partial charge < -0.3 is 19.0 Å². The molecule has 0 saturated carbocycles. The van der Waals surface area contributed by atoms with Crippen molar-refractivity contribution in [2.45, 2.75) is 77.5 Å². The minimum atomic E-state index is -1.92. The fraction of sp³-hybridized carbons (Fsp3) is 0.750. The van der Waals surface area contributed by atoms with E-state index >= 15 is 0 Å². The second kappa shape index (κ2) is 7.05. The van der Waals surface area contributed by atoms with E-state index in [0.717, 1.165) is 0 Å². The van der Waals surface area contributed by atoms with Gasteiger partial charge >= 0.3 is 12.1 Å². The van der Waals surface area contributed by atoms with Gasteiger partial charge in [0.1, 0.15) is 6.10 Å². The first kappa shape index (κ1) is 19.7. The van der Waals surface area contributed by atoms with Gasteiger partial charge in [-0.1, -0.05) is 20.8 Å². The van der Waals surface area contributed by atoms with E-state index in [-0.39, 0.29) is 16.7 Å². The lowest BCUT2D eigenvalue weighted by atomic mass is 10.1. The van der Waals surface area contributed by atoms with Crippen LogP contribution in [0.5, 0.6) is 0 Å². The molecule has 6 nitrogen and oxygen atoms in total. The van der Waals surface area contributed by atoms with Gasteiger partial charge in [-0.3, -0.25) is 0 Å². The number of rotatable bonds is 6. The van der Waals surface area contributed by atoms with Crippen LogP contribution in [0.15, 0.2) is 11.6 Å². The van der Waals surface area contributed by atoms with Crippen molar-refractivity contribution >= 4 is 20.4 Å². The Labute approximate surface area is 138 Å². The van der Waals surface area contributed by atoms with E-state index in [9.17, 15) is 9.59 Å². The smallest absolute Gasteiger partial charge is 0.478 e. The summed E-state index contributed by atoms with van der Waals surface area (Å²) in [4.78, 5) is 22.3. The molecule has 0 amide bonds. The summed E-state index contributed by atoms with van der Waals surface area (Å²) < 4.78 is 16.5. The average molecular weight is 344 g/mol. The fourth-order valence-corrected chi connectivity index (χ4v) is 3.56. The van der Waals surface area contributed by atoms with Gasteiger partial charge in [0.25, 0.3) is 0 Å². The molecule has 0 aromatic carbocycles. The van der Waals surface area contributed by atoms with E-state index in [2.05, 4.69) is 33.9 Å². The Bertz CT molecular complexity index is 491. The molecular formula is C16H28O6Si. The molecule has 23 heavy (non-hydrogen) atoms. The van der Waals surface area contributed by atoms with E-state index in [1.165, 1.54) is 13.0 Å². The van der Waals surface area contributed by atoms with Gasteiger partial charge in [-0.2, -0.15) is 0 Å². The first-order valence-electron chi connectivity index (χ1n) is 7.80. The Kier molecular flexibility index (Phi) is 6.04. The number of hydrogen-bond donors (Lipinski definition) is 1. The minimum absolute atomic E-state index is 0.0866. The maximum atomic E-state index is 11.4. The van der Waals surface area contributed by atoms with Crippen molar-refractivity contribution in [3.63, 3.8) is 0 Å². The number of carboxylic acid groups (broad SMARTS) is 1. The second-order valence-corrected chi connectivity index (χ2v) is 12.3. The predicted molar refractivity (Wildman–Crippen MR) is 88.9 cm³/mol. The van der Waals surface area contributed by atoms with Crippen LogP contribution in [-0.4, -0.2) is 43.9 Å². The zero-order chi connectivity index (χ0) is 18.0. The topological polar surface area (TPSA) is 82.1 Å². The highest BCUT2D eigenvalue weighted by Crippen LogP contribution is 2.38. The van der Waals surface area contributed by atoms with Gasteiger partial charge in [0.05, 0.1) is 0 Å². The highest BCUT2D eigenvalue weighted by atomic mass is 28.4.